The van der Waals surface area contributed by atoms with Crippen LogP contribution >= 0.6 is 24.0 Å². The fraction of sp³-hybridized carbons (Fsp3) is 0.696. The highest BCUT2D eigenvalue weighted by Crippen LogP contribution is 2.23. The minimum atomic E-state index is 0. The number of morpholine rings is 1. The van der Waals surface area contributed by atoms with Gasteiger partial charge in [0.1, 0.15) is 5.75 Å². The Morgan fingerprint density at radius 3 is 2.58 bits per heavy atom. The van der Waals surface area contributed by atoms with E-state index in [1.54, 1.807) is 7.11 Å². The highest BCUT2D eigenvalue weighted by Gasteiger charge is 2.23. The van der Waals surface area contributed by atoms with Crippen molar-refractivity contribution in [3.63, 3.8) is 0 Å². The van der Waals surface area contributed by atoms with Crippen LogP contribution in [0.4, 0.5) is 0 Å². The van der Waals surface area contributed by atoms with Crippen molar-refractivity contribution in [2.45, 2.75) is 25.8 Å². The van der Waals surface area contributed by atoms with E-state index in [1.165, 1.54) is 31.5 Å². The Morgan fingerprint density at radius 2 is 1.94 bits per heavy atom. The molecule has 176 valence electrons. The predicted octanol–water partition coefficient (Wildman–Crippen LogP) is 2.58. The summed E-state index contributed by atoms with van der Waals surface area (Å²) in [5.74, 6) is 2.46. The number of nitrogens with zero attached hydrogens (tertiary/aromatic N) is 3. The molecule has 3 rings (SSSR count). The van der Waals surface area contributed by atoms with Crippen LogP contribution in [0.2, 0.25) is 0 Å². The highest BCUT2D eigenvalue weighted by molar-refractivity contribution is 14.0. The number of likely N-dealkylation sites (tertiary alicyclic amines) is 1. The second-order valence-electron chi connectivity index (χ2n) is 8.17. The van der Waals surface area contributed by atoms with Gasteiger partial charge < -0.3 is 25.0 Å². The Kier molecular flexibility index (Phi) is 11.9. The van der Waals surface area contributed by atoms with Crippen LogP contribution in [-0.4, -0.2) is 88.9 Å². The van der Waals surface area contributed by atoms with E-state index >= 15 is 0 Å². The van der Waals surface area contributed by atoms with Gasteiger partial charge in [-0.05, 0) is 49.5 Å². The van der Waals surface area contributed by atoms with Gasteiger partial charge in [-0.2, -0.15) is 0 Å². The van der Waals surface area contributed by atoms with Gasteiger partial charge in [0.25, 0.3) is 0 Å². The summed E-state index contributed by atoms with van der Waals surface area (Å²) in [6.07, 6.45) is 2.59. The molecule has 1 aromatic rings. The Morgan fingerprint density at radius 1 is 1.19 bits per heavy atom. The van der Waals surface area contributed by atoms with Crippen molar-refractivity contribution in [3.05, 3.63) is 29.8 Å². The molecule has 8 heteroatoms. The smallest absolute Gasteiger partial charge is 0.191 e. The molecule has 0 aliphatic carbocycles. The number of methoxy groups -OCH3 is 1. The Hall–Kier alpha value is -1.10. The molecule has 2 fully saturated rings. The van der Waals surface area contributed by atoms with Crippen molar-refractivity contribution in [1.82, 2.24) is 20.4 Å². The summed E-state index contributed by atoms with van der Waals surface area (Å²) in [5.41, 5.74) is 1.28. The standard InChI is InChI=1S/C23H39N5O2.HI/c1-4-27-11-5-6-19(18-27)16-25-23(24-2)26-17-22(28-12-14-30-15-13-28)20-7-9-21(29-3)10-8-20;/h7-10,19,22H,4-6,11-18H2,1-3H3,(H2,24,25,26);1H. The number of halogens is 1. The van der Waals surface area contributed by atoms with Crippen LogP contribution in [-0.2, 0) is 4.74 Å². The maximum atomic E-state index is 5.57. The summed E-state index contributed by atoms with van der Waals surface area (Å²) in [6.45, 7) is 11.1. The van der Waals surface area contributed by atoms with E-state index in [2.05, 4.69) is 44.5 Å². The third-order valence-corrected chi connectivity index (χ3v) is 6.28. The third-order valence-electron chi connectivity index (χ3n) is 6.28. The zero-order chi connectivity index (χ0) is 21.2. The van der Waals surface area contributed by atoms with Crippen molar-refractivity contribution in [1.29, 1.82) is 0 Å². The Bertz CT molecular complexity index is 652. The van der Waals surface area contributed by atoms with Gasteiger partial charge in [-0.3, -0.25) is 9.89 Å². The van der Waals surface area contributed by atoms with Crippen molar-refractivity contribution < 1.29 is 9.47 Å². The average Bonchev–Trinajstić information content (AvgIpc) is 2.82. The number of aliphatic imine (C=N–C) groups is 1. The number of benzene rings is 1. The monoisotopic (exact) mass is 545 g/mol. The lowest BCUT2D eigenvalue weighted by Gasteiger charge is -2.35. The van der Waals surface area contributed by atoms with E-state index in [0.29, 0.717) is 5.92 Å². The summed E-state index contributed by atoms with van der Waals surface area (Å²) < 4.78 is 10.9. The lowest BCUT2D eigenvalue weighted by molar-refractivity contribution is 0.0170. The second kappa shape index (κ2) is 14.1. The minimum absolute atomic E-state index is 0. The third kappa shape index (κ3) is 8.07. The van der Waals surface area contributed by atoms with Crippen LogP contribution in [0.5, 0.6) is 5.75 Å². The van der Waals surface area contributed by atoms with Gasteiger partial charge in [-0.1, -0.05) is 19.1 Å². The molecule has 7 nitrogen and oxygen atoms in total. The molecular formula is C23H40IN5O2. The van der Waals surface area contributed by atoms with E-state index in [4.69, 9.17) is 9.47 Å². The normalized spacial score (nSPS) is 21.8. The number of hydrogen-bond acceptors (Lipinski definition) is 5. The van der Waals surface area contributed by atoms with Gasteiger partial charge in [0.15, 0.2) is 5.96 Å². The summed E-state index contributed by atoms with van der Waals surface area (Å²) in [7, 11) is 3.56. The SMILES string of the molecule is CCN1CCCC(CNC(=NC)NCC(c2ccc(OC)cc2)N2CCOCC2)C1.I. The highest BCUT2D eigenvalue weighted by atomic mass is 127. The zero-order valence-corrected chi connectivity index (χ0v) is 21.6. The average molecular weight is 546 g/mol. The first kappa shape index (κ1) is 26.2. The van der Waals surface area contributed by atoms with Crippen molar-refractivity contribution in [3.8, 4) is 5.75 Å². The Balaban J connectivity index is 0.00000341. The van der Waals surface area contributed by atoms with E-state index in [1.807, 2.05) is 19.2 Å². The van der Waals surface area contributed by atoms with Crippen LogP contribution in [0.15, 0.2) is 29.3 Å². The van der Waals surface area contributed by atoms with E-state index in [9.17, 15) is 0 Å². The lowest BCUT2D eigenvalue weighted by atomic mass is 9.98. The van der Waals surface area contributed by atoms with Gasteiger partial charge >= 0.3 is 0 Å². The van der Waals surface area contributed by atoms with Crippen LogP contribution in [0.25, 0.3) is 0 Å². The number of rotatable bonds is 8. The molecule has 1 aromatic carbocycles. The molecule has 2 aliphatic rings. The van der Waals surface area contributed by atoms with Crippen molar-refractivity contribution in [2.24, 2.45) is 10.9 Å². The minimum Gasteiger partial charge on any atom is -0.497 e. The van der Waals surface area contributed by atoms with Gasteiger partial charge in [0.05, 0.1) is 26.4 Å². The van der Waals surface area contributed by atoms with Gasteiger partial charge in [-0.25, -0.2) is 0 Å². The number of nitrogens with one attached hydrogen (secondary N) is 2. The molecule has 0 bridgehead atoms. The molecule has 0 amide bonds. The van der Waals surface area contributed by atoms with E-state index < -0.39 is 0 Å². The summed E-state index contributed by atoms with van der Waals surface area (Å²) >= 11 is 0. The first-order valence-corrected chi connectivity index (χ1v) is 11.4. The zero-order valence-electron chi connectivity index (χ0n) is 19.3. The quantitative estimate of drug-likeness (QED) is 0.298. The molecule has 0 radical (unpaired) electrons. The number of guanidine groups is 1. The van der Waals surface area contributed by atoms with Gasteiger partial charge in [0.2, 0.25) is 0 Å². The summed E-state index contributed by atoms with van der Waals surface area (Å²) in [5, 5.41) is 7.13. The molecular weight excluding hydrogens is 505 g/mol. The number of hydrogen-bond donors (Lipinski definition) is 2. The maximum absolute atomic E-state index is 5.57. The fourth-order valence-corrected chi connectivity index (χ4v) is 4.43. The summed E-state index contributed by atoms with van der Waals surface area (Å²) in [4.78, 5) is 9.51. The molecule has 2 atom stereocenters. The molecule has 2 N–H and O–H groups in total. The molecule has 2 unspecified atom stereocenters. The van der Waals surface area contributed by atoms with Crippen LogP contribution in [0, 0.1) is 5.92 Å². The van der Waals surface area contributed by atoms with Crippen molar-refractivity contribution in [2.75, 3.05) is 73.2 Å². The molecule has 2 aliphatic heterocycles. The molecule has 0 spiro atoms. The topological polar surface area (TPSA) is 61.4 Å². The first-order chi connectivity index (χ1) is 14.7. The van der Waals surface area contributed by atoms with Gasteiger partial charge in [-0.15, -0.1) is 24.0 Å². The molecule has 31 heavy (non-hydrogen) atoms. The van der Waals surface area contributed by atoms with Crippen LogP contribution < -0.4 is 15.4 Å². The lowest BCUT2D eigenvalue weighted by Crippen LogP contribution is -2.48. The molecule has 2 heterocycles. The summed E-state index contributed by atoms with van der Waals surface area (Å²) in [6, 6.07) is 8.68. The fourth-order valence-electron chi connectivity index (χ4n) is 4.43. The molecule has 2 saturated heterocycles. The largest absolute Gasteiger partial charge is 0.497 e. The van der Waals surface area contributed by atoms with Gasteiger partial charge in [0, 0.05) is 39.8 Å². The van der Waals surface area contributed by atoms with Crippen LogP contribution in [0.1, 0.15) is 31.4 Å². The number of ether oxygens (including phenoxy) is 2. The maximum Gasteiger partial charge on any atom is 0.191 e. The second-order valence-corrected chi connectivity index (χ2v) is 8.17. The molecule has 0 saturated carbocycles. The molecule has 0 aromatic heterocycles. The van der Waals surface area contributed by atoms with E-state index in [0.717, 1.165) is 57.6 Å². The number of piperidine rings is 1. The van der Waals surface area contributed by atoms with Crippen molar-refractivity contribution >= 4 is 29.9 Å². The predicted molar refractivity (Wildman–Crippen MR) is 138 cm³/mol. The van der Waals surface area contributed by atoms with E-state index in [-0.39, 0.29) is 30.0 Å². The Labute approximate surface area is 205 Å². The van der Waals surface area contributed by atoms with Crippen LogP contribution in [0.3, 0.4) is 0 Å². The first-order valence-electron chi connectivity index (χ1n) is 11.4.